The average Bonchev–Trinajstić information content (AvgIpc) is 3.28. The summed E-state index contributed by atoms with van der Waals surface area (Å²) in [6.07, 6.45) is 2.36. The number of hydrogen-bond donors (Lipinski definition) is 1. The van der Waals surface area contributed by atoms with Gasteiger partial charge in [-0.3, -0.25) is 0 Å². The lowest BCUT2D eigenvalue weighted by Crippen LogP contribution is -2.47. The Morgan fingerprint density at radius 2 is 2.05 bits per heavy atom. The number of benzene rings is 2. The van der Waals surface area contributed by atoms with Crippen molar-refractivity contribution in [3.63, 3.8) is 0 Å². The highest BCUT2D eigenvalue weighted by molar-refractivity contribution is 7.23. The Bertz CT molecular complexity index is 1840. The third-order valence-electron chi connectivity index (χ3n) is 9.49. The minimum Gasteiger partial charge on any atom is -0.389 e. The number of alkyl halides is 2. The first-order valence-corrected chi connectivity index (χ1v) is 15.5. The van der Waals surface area contributed by atoms with Crippen molar-refractivity contribution < 1.29 is 17.6 Å². The number of halogens is 5. The van der Waals surface area contributed by atoms with Gasteiger partial charge in [0.2, 0.25) is 0 Å². The number of nitrogens with two attached hydrogens (primary N) is 1. The molecule has 2 aromatic carbocycles. The zero-order chi connectivity index (χ0) is 30.5. The quantitative estimate of drug-likeness (QED) is 0.288. The summed E-state index contributed by atoms with van der Waals surface area (Å²) in [4.78, 5) is 8.77. The molecule has 0 radical (unpaired) electrons. The topological polar surface area (TPSA) is 68.7 Å². The normalized spacial score (nSPS) is 23.8. The fourth-order valence-corrected chi connectivity index (χ4v) is 8.52. The molecule has 5 nitrogen and oxygen atoms in total. The molecular formula is C32H28ClF4N5S. The van der Waals surface area contributed by atoms with Crippen LogP contribution in [0.3, 0.4) is 0 Å². The predicted molar refractivity (Wildman–Crippen MR) is 164 cm³/mol. The van der Waals surface area contributed by atoms with Crippen molar-refractivity contribution in [2.24, 2.45) is 16.8 Å². The van der Waals surface area contributed by atoms with Crippen molar-refractivity contribution in [1.29, 1.82) is 5.26 Å². The number of hydrogen-bond acceptors (Lipinski definition) is 6. The van der Waals surface area contributed by atoms with E-state index in [2.05, 4.69) is 18.1 Å². The van der Waals surface area contributed by atoms with Crippen molar-refractivity contribution in [3.05, 3.63) is 64.5 Å². The Kier molecular flexibility index (Phi) is 6.39. The molecule has 3 aromatic rings. The van der Waals surface area contributed by atoms with E-state index in [0.29, 0.717) is 60.7 Å². The van der Waals surface area contributed by atoms with Crippen molar-refractivity contribution in [1.82, 2.24) is 4.90 Å². The van der Waals surface area contributed by atoms with Gasteiger partial charge in [-0.1, -0.05) is 37.7 Å². The molecule has 0 amide bonds. The maximum atomic E-state index is 16.8. The molecule has 1 saturated heterocycles. The van der Waals surface area contributed by atoms with Crippen LogP contribution in [0.25, 0.3) is 21.2 Å². The van der Waals surface area contributed by atoms with E-state index >= 15 is 4.39 Å². The molecule has 4 aliphatic rings. The number of likely N-dealkylation sites (tertiary alicyclic amines) is 1. The summed E-state index contributed by atoms with van der Waals surface area (Å²) < 4.78 is 59.4. The lowest BCUT2D eigenvalue weighted by atomic mass is 9.83. The Balaban J connectivity index is 1.35. The van der Waals surface area contributed by atoms with Crippen LogP contribution >= 0.6 is 22.9 Å². The summed E-state index contributed by atoms with van der Waals surface area (Å²) >= 11 is 7.99. The van der Waals surface area contributed by atoms with E-state index in [0.717, 1.165) is 17.8 Å². The number of thiophene rings is 1. The Labute approximate surface area is 255 Å². The van der Waals surface area contributed by atoms with Gasteiger partial charge in [0.1, 0.15) is 22.6 Å². The third-order valence-corrected chi connectivity index (χ3v) is 10.9. The number of nitrogens with zero attached hydrogens (tertiary/aromatic N) is 4. The molecule has 2 fully saturated rings. The number of fused-ring (bicyclic) bond motifs is 1. The molecule has 0 bridgehead atoms. The van der Waals surface area contributed by atoms with Crippen molar-refractivity contribution in [2.75, 3.05) is 23.7 Å². The molecule has 2 N–H and O–H groups in total. The highest BCUT2D eigenvalue weighted by Crippen LogP contribution is 2.56. The SMILES string of the molecule is C=C(C1CC1(F)F)N1CCC(C2CCc3c(Cl)c(-c4ccc(F)c5sc(N)c(C#N)c45)c(F)c4c3N2C(=C)C(CC)=N4)C1. The van der Waals surface area contributed by atoms with Gasteiger partial charge in [-0.2, -0.15) is 5.26 Å². The summed E-state index contributed by atoms with van der Waals surface area (Å²) in [7, 11) is 0. The van der Waals surface area contributed by atoms with E-state index in [1.807, 2.05) is 17.9 Å². The van der Waals surface area contributed by atoms with Crippen molar-refractivity contribution >= 4 is 55.1 Å². The van der Waals surface area contributed by atoms with Crippen molar-refractivity contribution in [3.8, 4) is 17.2 Å². The molecule has 3 unspecified atom stereocenters. The highest BCUT2D eigenvalue weighted by atomic mass is 35.5. The molecule has 3 atom stereocenters. The second kappa shape index (κ2) is 9.73. The third kappa shape index (κ3) is 4.04. The molecule has 1 saturated carbocycles. The molecule has 1 aliphatic carbocycles. The number of allylic oxidation sites excluding steroid dienone is 2. The molecule has 7 rings (SSSR count). The molecule has 222 valence electrons. The van der Waals surface area contributed by atoms with Gasteiger partial charge in [0.05, 0.1) is 38.3 Å². The molecule has 0 spiro atoms. The summed E-state index contributed by atoms with van der Waals surface area (Å²) in [5, 5.41) is 10.4. The standard InChI is InChI=1S/C32H28ClF4N5S/c1-4-22-15(3)42-23(16-9-10-41(13-16)14(2)20-11-32(20,36)37)8-6-18-26(33)25(27(35)28(40-22)29(18)42)17-5-7-21(34)30-24(17)19(12-38)31(39)43-30/h5,7,16,20,23H,2-4,6,8-11,13,39H2,1H3. The summed E-state index contributed by atoms with van der Waals surface area (Å²) in [5.74, 6) is -4.57. The zero-order valence-corrected chi connectivity index (χ0v) is 25.0. The van der Waals surface area contributed by atoms with Crippen molar-refractivity contribution in [2.45, 2.75) is 51.0 Å². The highest BCUT2D eigenvalue weighted by Gasteiger charge is 2.59. The monoisotopic (exact) mass is 625 g/mol. The number of aliphatic imine (C=N–C) groups is 1. The smallest absolute Gasteiger partial charge is 0.257 e. The van der Waals surface area contributed by atoms with Crippen LogP contribution in [0.1, 0.15) is 43.7 Å². The average molecular weight is 626 g/mol. The molecule has 11 heteroatoms. The van der Waals surface area contributed by atoms with Gasteiger partial charge in [-0.05, 0) is 48.8 Å². The fraction of sp³-hybridized carbons (Fsp3) is 0.375. The van der Waals surface area contributed by atoms with E-state index in [1.165, 1.54) is 12.1 Å². The number of nitrogen functional groups attached to an aromatic ring is 1. The van der Waals surface area contributed by atoms with Gasteiger partial charge in [0.15, 0.2) is 5.82 Å². The van der Waals surface area contributed by atoms with Gasteiger partial charge < -0.3 is 15.5 Å². The molecular weight excluding hydrogens is 598 g/mol. The molecule has 1 aromatic heterocycles. The van der Waals surface area contributed by atoms with Crippen LogP contribution in [0.4, 0.5) is 33.9 Å². The Hall–Kier alpha value is -3.55. The molecule has 4 heterocycles. The minimum atomic E-state index is -2.67. The van der Waals surface area contributed by atoms with Crippen LogP contribution < -0.4 is 10.6 Å². The first-order chi connectivity index (χ1) is 20.5. The molecule has 43 heavy (non-hydrogen) atoms. The minimum absolute atomic E-state index is 0.0611. The molecule has 3 aliphatic heterocycles. The van der Waals surface area contributed by atoms with Gasteiger partial charge in [0, 0.05) is 42.2 Å². The largest absolute Gasteiger partial charge is 0.389 e. The van der Waals surface area contributed by atoms with Crippen LogP contribution in [0.5, 0.6) is 0 Å². The first kappa shape index (κ1) is 28.2. The van der Waals surface area contributed by atoms with Crippen LogP contribution in [0.15, 0.2) is 41.7 Å². The van der Waals surface area contributed by atoms with Crippen LogP contribution in [0, 0.1) is 34.8 Å². The zero-order valence-electron chi connectivity index (χ0n) is 23.4. The van der Waals surface area contributed by atoms with E-state index in [-0.39, 0.29) is 60.9 Å². The van der Waals surface area contributed by atoms with Crippen LogP contribution in [-0.4, -0.2) is 35.7 Å². The second-order valence-electron chi connectivity index (χ2n) is 11.8. The van der Waals surface area contributed by atoms with Gasteiger partial charge in [0.25, 0.3) is 5.92 Å². The van der Waals surface area contributed by atoms with E-state index in [4.69, 9.17) is 22.3 Å². The van der Waals surface area contributed by atoms with Gasteiger partial charge >= 0.3 is 0 Å². The Morgan fingerprint density at radius 3 is 2.72 bits per heavy atom. The van der Waals surface area contributed by atoms with E-state index in [1.54, 1.807) is 0 Å². The van der Waals surface area contributed by atoms with E-state index in [9.17, 15) is 18.4 Å². The summed E-state index contributed by atoms with van der Waals surface area (Å²) in [6.45, 7) is 11.5. The van der Waals surface area contributed by atoms with Crippen LogP contribution in [0.2, 0.25) is 5.02 Å². The lowest BCUT2D eigenvalue weighted by molar-refractivity contribution is 0.0998. The maximum Gasteiger partial charge on any atom is 0.257 e. The first-order valence-electron chi connectivity index (χ1n) is 14.3. The number of nitriles is 1. The van der Waals surface area contributed by atoms with Gasteiger partial charge in [-0.25, -0.2) is 22.6 Å². The van der Waals surface area contributed by atoms with Gasteiger partial charge in [-0.15, -0.1) is 11.3 Å². The van der Waals surface area contributed by atoms with E-state index < -0.39 is 23.5 Å². The lowest BCUT2D eigenvalue weighted by Gasteiger charge is -2.46. The second-order valence-corrected chi connectivity index (χ2v) is 13.2. The number of rotatable bonds is 5. The number of anilines is 2. The summed E-state index contributed by atoms with van der Waals surface area (Å²) in [6, 6.07) is 4.65. The predicted octanol–water partition coefficient (Wildman–Crippen LogP) is 8.58. The summed E-state index contributed by atoms with van der Waals surface area (Å²) in [5.41, 5.74) is 9.71. The fourth-order valence-electron chi connectivity index (χ4n) is 7.20. The maximum absolute atomic E-state index is 16.8. The Morgan fingerprint density at radius 1 is 1.30 bits per heavy atom. The van der Waals surface area contributed by atoms with Crippen LogP contribution in [-0.2, 0) is 6.42 Å².